The Kier molecular flexibility index (Phi) is 7.81. The maximum absolute atomic E-state index is 12.9. The highest BCUT2D eigenvalue weighted by molar-refractivity contribution is 5.56. The fourth-order valence-electron chi connectivity index (χ4n) is 4.67. The minimum atomic E-state index is -4.34. The number of aromatic nitrogens is 2. The summed E-state index contributed by atoms with van der Waals surface area (Å²) in [7, 11) is 0. The monoisotopic (exact) mass is 520 g/mol. The van der Waals surface area contributed by atoms with Gasteiger partial charge in [0.25, 0.3) is 0 Å². The van der Waals surface area contributed by atoms with Gasteiger partial charge in [0, 0.05) is 43.5 Å². The van der Waals surface area contributed by atoms with Crippen molar-refractivity contribution >= 4 is 0 Å². The first-order valence-corrected chi connectivity index (χ1v) is 12.8. The second-order valence-corrected chi connectivity index (χ2v) is 9.72. The predicted octanol–water partition coefficient (Wildman–Crippen LogP) is 6.95. The van der Waals surface area contributed by atoms with E-state index in [2.05, 4.69) is 27.3 Å². The van der Waals surface area contributed by atoms with E-state index in [1.54, 1.807) is 0 Å². The number of piperidine rings is 1. The van der Waals surface area contributed by atoms with E-state index in [0.717, 1.165) is 74.0 Å². The van der Waals surface area contributed by atoms with Gasteiger partial charge in [-0.25, -0.2) is 4.98 Å². The molecule has 0 saturated carbocycles. The van der Waals surface area contributed by atoms with Crippen molar-refractivity contribution in [2.75, 3.05) is 13.1 Å². The van der Waals surface area contributed by atoms with Gasteiger partial charge < -0.3 is 15.0 Å². The smallest absolute Gasteiger partial charge is 0.416 e. The Morgan fingerprint density at radius 3 is 2.24 bits per heavy atom. The molecule has 0 atom stereocenters. The van der Waals surface area contributed by atoms with Gasteiger partial charge >= 0.3 is 6.18 Å². The zero-order chi connectivity index (χ0) is 26.5. The van der Waals surface area contributed by atoms with Crippen LogP contribution in [-0.2, 0) is 19.3 Å². The molecule has 4 aromatic rings. The molecule has 0 radical (unpaired) electrons. The van der Waals surface area contributed by atoms with Crippen LogP contribution in [0.1, 0.15) is 35.4 Å². The molecule has 2 heterocycles. The summed E-state index contributed by atoms with van der Waals surface area (Å²) in [6, 6.07) is 23.5. The van der Waals surface area contributed by atoms with E-state index in [4.69, 9.17) is 9.72 Å². The second-order valence-electron chi connectivity index (χ2n) is 9.72. The lowest BCUT2D eigenvalue weighted by atomic mass is 10.0. The van der Waals surface area contributed by atoms with Crippen molar-refractivity contribution in [1.29, 1.82) is 0 Å². The van der Waals surface area contributed by atoms with Crippen LogP contribution in [0.25, 0.3) is 11.4 Å². The summed E-state index contributed by atoms with van der Waals surface area (Å²) in [4.78, 5) is 10.3. The molecular formula is C30H31F3N4O. The molecule has 2 N–H and O–H groups in total. The third-order valence-corrected chi connectivity index (χ3v) is 6.93. The molecule has 198 valence electrons. The molecule has 0 amide bonds. The van der Waals surface area contributed by atoms with Crippen molar-refractivity contribution in [2.24, 2.45) is 0 Å². The summed E-state index contributed by atoms with van der Waals surface area (Å²) < 4.78 is 44.4. The zero-order valence-corrected chi connectivity index (χ0v) is 21.3. The van der Waals surface area contributed by atoms with Crippen LogP contribution in [0.5, 0.6) is 11.5 Å². The van der Waals surface area contributed by atoms with Crippen LogP contribution in [0.2, 0.25) is 0 Å². The minimum Gasteiger partial charge on any atom is -0.457 e. The van der Waals surface area contributed by atoms with Gasteiger partial charge in [0.15, 0.2) is 0 Å². The standard InChI is InChI=1S/C30H31F3N4O/c1-21-28(36-29(35-21)23-9-11-24(12-10-23)30(31,32)33)20-37-17-15-25(16-18-37)34-19-22-7-13-27(14-8-22)38-26-5-3-2-4-6-26/h2-14,25,34H,15-20H2,1H3,(H,35,36). The number of H-pyrrole nitrogens is 1. The molecule has 5 rings (SSSR count). The number of likely N-dealkylation sites (tertiary alicyclic amines) is 1. The molecular weight excluding hydrogens is 489 g/mol. The Hall–Kier alpha value is -3.62. The van der Waals surface area contributed by atoms with Crippen molar-refractivity contribution in [2.45, 2.75) is 45.1 Å². The maximum Gasteiger partial charge on any atom is 0.416 e. The number of para-hydroxylation sites is 1. The topological polar surface area (TPSA) is 53.2 Å². The number of hydrogen-bond acceptors (Lipinski definition) is 4. The number of aryl methyl sites for hydroxylation is 1. The van der Waals surface area contributed by atoms with Crippen LogP contribution in [0.4, 0.5) is 13.2 Å². The molecule has 0 spiro atoms. The van der Waals surface area contributed by atoms with Crippen LogP contribution >= 0.6 is 0 Å². The molecule has 0 bridgehead atoms. The average Bonchev–Trinajstić information content (AvgIpc) is 3.29. The Labute approximate surface area is 220 Å². The highest BCUT2D eigenvalue weighted by atomic mass is 19.4. The number of ether oxygens (including phenoxy) is 1. The fourth-order valence-corrected chi connectivity index (χ4v) is 4.67. The number of hydrogen-bond donors (Lipinski definition) is 2. The summed E-state index contributed by atoms with van der Waals surface area (Å²) in [5.41, 5.74) is 3.09. The van der Waals surface area contributed by atoms with E-state index in [1.807, 2.05) is 49.4 Å². The van der Waals surface area contributed by atoms with Gasteiger partial charge in [-0.15, -0.1) is 0 Å². The average molecular weight is 521 g/mol. The molecule has 38 heavy (non-hydrogen) atoms. The summed E-state index contributed by atoms with van der Waals surface area (Å²) in [5, 5.41) is 3.67. The Morgan fingerprint density at radius 1 is 0.921 bits per heavy atom. The summed E-state index contributed by atoms with van der Waals surface area (Å²) in [6.07, 6.45) is -2.25. The number of aromatic amines is 1. The van der Waals surface area contributed by atoms with Gasteiger partial charge in [-0.1, -0.05) is 42.5 Å². The first-order chi connectivity index (χ1) is 18.3. The maximum atomic E-state index is 12.9. The van der Waals surface area contributed by atoms with E-state index in [9.17, 15) is 13.2 Å². The second kappa shape index (κ2) is 11.4. The van der Waals surface area contributed by atoms with Crippen LogP contribution in [0.15, 0.2) is 78.9 Å². The van der Waals surface area contributed by atoms with E-state index >= 15 is 0 Å². The van der Waals surface area contributed by atoms with Crippen molar-refractivity contribution in [3.63, 3.8) is 0 Å². The number of benzene rings is 3. The number of alkyl halides is 3. The molecule has 5 nitrogen and oxygen atoms in total. The highest BCUT2D eigenvalue weighted by Gasteiger charge is 2.30. The molecule has 0 aliphatic carbocycles. The van der Waals surface area contributed by atoms with E-state index in [-0.39, 0.29) is 0 Å². The van der Waals surface area contributed by atoms with Crippen LogP contribution in [-0.4, -0.2) is 34.0 Å². The highest BCUT2D eigenvalue weighted by Crippen LogP contribution is 2.31. The first kappa shape index (κ1) is 26.0. The fraction of sp³-hybridized carbons (Fsp3) is 0.300. The summed E-state index contributed by atoms with van der Waals surface area (Å²) >= 11 is 0. The molecule has 1 aromatic heterocycles. The Balaban J connectivity index is 1.08. The lowest BCUT2D eigenvalue weighted by molar-refractivity contribution is -0.137. The van der Waals surface area contributed by atoms with Crippen molar-refractivity contribution in [3.05, 3.63) is 101 Å². The quantitative estimate of drug-likeness (QED) is 0.264. The van der Waals surface area contributed by atoms with Gasteiger partial charge in [-0.3, -0.25) is 4.90 Å². The molecule has 1 saturated heterocycles. The first-order valence-electron chi connectivity index (χ1n) is 12.8. The van der Waals surface area contributed by atoms with E-state index in [1.165, 1.54) is 17.7 Å². The number of halogens is 3. The van der Waals surface area contributed by atoms with Gasteiger partial charge in [0.05, 0.1) is 11.3 Å². The third kappa shape index (κ3) is 6.62. The summed E-state index contributed by atoms with van der Waals surface area (Å²) in [5.74, 6) is 2.25. The molecule has 0 unspecified atom stereocenters. The van der Waals surface area contributed by atoms with Crippen LogP contribution in [0, 0.1) is 6.92 Å². The normalized spacial score (nSPS) is 15.1. The summed E-state index contributed by atoms with van der Waals surface area (Å²) in [6.45, 7) is 5.41. The van der Waals surface area contributed by atoms with E-state index in [0.29, 0.717) is 17.4 Å². The SMILES string of the molecule is Cc1[nH]c(-c2ccc(C(F)(F)F)cc2)nc1CN1CCC(NCc2ccc(Oc3ccccc3)cc2)CC1. The van der Waals surface area contributed by atoms with Gasteiger partial charge in [0.2, 0.25) is 0 Å². The van der Waals surface area contributed by atoms with Gasteiger partial charge in [-0.05, 0) is 61.7 Å². The third-order valence-electron chi connectivity index (χ3n) is 6.93. The van der Waals surface area contributed by atoms with Gasteiger partial charge in [0.1, 0.15) is 17.3 Å². The Morgan fingerprint density at radius 2 is 1.58 bits per heavy atom. The molecule has 1 fully saturated rings. The lowest BCUT2D eigenvalue weighted by Crippen LogP contribution is -2.42. The van der Waals surface area contributed by atoms with Crippen molar-refractivity contribution < 1.29 is 17.9 Å². The van der Waals surface area contributed by atoms with Gasteiger partial charge in [-0.2, -0.15) is 13.2 Å². The molecule has 8 heteroatoms. The van der Waals surface area contributed by atoms with Crippen LogP contribution < -0.4 is 10.1 Å². The predicted molar refractivity (Wildman–Crippen MR) is 142 cm³/mol. The van der Waals surface area contributed by atoms with Crippen molar-refractivity contribution in [3.8, 4) is 22.9 Å². The van der Waals surface area contributed by atoms with E-state index < -0.39 is 11.7 Å². The number of nitrogens with one attached hydrogen (secondary N) is 2. The molecule has 1 aliphatic heterocycles. The number of rotatable bonds is 8. The van der Waals surface area contributed by atoms with Crippen molar-refractivity contribution in [1.82, 2.24) is 20.2 Å². The zero-order valence-electron chi connectivity index (χ0n) is 21.3. The van der Waals surface area contributed by atoms with Crippen LogP contribution in [0.3, 0.4) is 0 Å². The minimum absolute atomic E-state index is 0.453. The lowest BCUT2D eigenvalue weighted by Gasteiger charge is -2.32. The number of nitrogens with zero attached hydrogens (tertiary/aromatic N) is 2. The largest absolute Gasteiger partial charge is 0.457 e. The number of imidazole rings is 1. The molecule has 3 aromatic carbocycles. The Bertz CT molecular complexity index is 1310. The molecule has 1 aliphatic rings.